The van der Waals surface area contributed by atoms with Gasteiger partial charge in [-0.25, -0.2) is 4.98 Å². The molecule has 0 aromatic carbocycles. The number of carbonyl (C=O) groups is 1. The maximum Gasteiger partial charge on any atom is 0.252 e. The average molecular weight is 238 g/mol. The van der Waals surface area contributed by atoms with Gasteiger partial charge in [0.05, 0.1) is 23.6 Å². The van der Waals surface area contributed by atoms with Crippen LogP contribution in [0.4, 0.5) is 11.5 Å². The Morgan fingerprint density at radius 2 is 2.35 bits per heavy atom. The van der Waals surface area contributed by atoms with Crippen molar-refractivity contribution in [3.63, 3.8) is 0 Å². The van der Waals surface area contributed by atoms with Crippen molar-refractivity contribution < 1.29 is 9.90 Å². The molecule has 1 aromatic rings. The molecule has 1 aromatic heterocycles. The normalized spacial score (nSPS) is 12.1. The molecule has 0 radical (unpaired) electrons. The van der Waals surface area contributed by atoms with E-state index < -0.39 is 5.91 Å². The first kappa shape index (κ1) is 13.2. The molecule has 0 aliphatic heterocycles. The third-order valence-electron chi connectivity index (χ3n) is 2.27. The van der Waals surface area contributed by atoms with Crippen molar-refractivity contribution >= 4 is 17.4 Å². The summed E-state index contributed by atoms with van der Waals surface area (Å²) in [6.07, 6.45) is 2.60. The van der Waals surface area contributed by atoms with Crippen molar-refractivity contribution in [1.82, 2.24) is 4.98 Å². The van der Waals surface area contributed by atoms with Gasteiger partial charge in [-0.1, -0.05) is 0 Å². The third-order valence-corrected chi connectivity index (χ3v) is 2.27. The minimum Gasteiger partial charge on any atom is -0.397 e. The topological polar surface area (TPSA) is 114 Å². The number of nitrogens with two attached hydrogens (primary N) is 2. The quantitative estimate of drug-likeness (QED) is 0.533. The maximum absolute atomic E-state index is 11.2. The Bertz CT molecular complexity index is 393. The van der Waals surface area contributed by atoms with Crippen LogP contribution in [0.15, 0.2) is 12.3 Å². The Balaban J connectivity index is 2.61. The predicted molar refractivity (Wildman–Crippen MR) is 66.6 cm³/mol. The van der Waals surface area contributed by atoms with Crippen LogP contribution in [0.2, 0.25) is 0 Å². The summed E-state index contributed by atoms with van der Waals surface area (Å²) < 4.78 is 0. The highest BCUT2D eigenvalue weighted by Crippen LogP contribution is 2.14. The molecule has 0 saturated heterocycles. The number of carbonyl (C=O) groups excluding carboxylic acids is 1. The van der Waals surface area contributed by atoms with E-state index in [9.17, 15) is 4.79 Å². The number of hydrogen-bond donors (Lipinski definition) is 4. The zero-order valence-corrected chi connectivity index (χ0v) is 9.81. The van der Waals surface area contributed by atoms with Gasteiger partial charge in [0.2, 0.25) is 0 Å². The number of hydrogen-bond acceptors (Lipinski definition) is 5. The van der Waals surface area contributed by atoms with Crippen molar-refractivity contribution in [2.75, 3.05) is 17.6 Å². The van der Waals surface area contributed by atoms with E-state index in [1.54, 1.807) is 6.92 Å². The highest BCUT2D eigenvalue weighted by atomic mass is 16.3. The van der Waals surface area contributed by atoms with Crippen LogP contribution < -0.4 is 16.8 Å². The van der Waals surface area contributed by atoms with Gasteiger partial charge in [0.1, 0.15) is 5.82 Å². The Hall–Kier alpha value is -1.82. The fourth-order valence-electron chi connectivity index (χ4n) is 1.41. The molecular formula is C11H18N4O2. The monoisotopic (exact) mass is 238 g/mol. The highest BCUT2D eigenvalue weighted by Gasteiger charge is 2.09. The molecule has 0 saturated carbocycles. The molecule has 0 aliphatic carbocycles. The van der Waals surface area contributed by atoms with E-state index in [4.69, 9.17) is 16.6 Å². The molecule has 1 rings (SSSR count). The fraction of sp³-hybridized carbons (Fsp3) is 0.455. The number of nitrogen functional groups attached to an aromatic ring is 1. The minimum absolute atomic E-state index is 0.280. The molecule has 0 bridgehead atoms. The van der Waals surface area contributed by atoms with E-state index in [2.05, 4.69) is 10.3 Å². The Labute approximate surface area is 100 Å². The Morgan fingerprint density at radius 1 is 1.65 bits per heavy atom. The van der Waals surface area contributed by atoms with Gasteiger partial charge in [0, 0.05) is 6.54 Å². The van der Waals surface area contributed by atoms with Gasteiger partial charge >= 0.3 is 0 Å². The second kappa shape index (κ2) is 6.05. The zero-order valence-electron chi connectivity index (χ0n) is 9.81. The van der Waals surface area contributed by atoms with Crippen molar-refractivity contribution in [1.29, 1.82) is 0 Å². The number of primary amides is 1. The smallest absolute Gasteiger partial charge is 0.252 e. The van der Waals surface area contributed by atoms with Crippen molar-refractivity contribution in [2.45, 2.75) is 25.9 Å². The van der Waals surface area contributed by atoms with E-state index in [0.717, 1.165) is 6.42 Å². The first-order valence-electron chi connectivity index (χ1n) is 5.48. The molecule has 6 N–H and O–H groups in total. The summed E-state index contributed by atoms with van der Waals surface area (Å²) in [5, 5.41) is 12.1. The van der Waals surface area contributed by atoms with E-state index in [0.29, 0.717) is 24.5 Å². The molecule has 0 fully saturated rings. The van der Waals surface area contributed by atoms with Crippen LogP contribution in [0.25, 0.3) is 0 Å². The zero-order chi connectivity index (χ0) is 12.8. The molecule has 1 unspecified atom stereocenters. The number of aliphatic hydroxyl groups is 1. The first-order chi connectivity index (χ1) is 8.00. The lowest BCUT2D eigenvalue weighted by Gasteiger charge is -2.10. The number of aromatic nitrogens is 1. The van der Waals surface area contributed by atoms with E-state index in [1.807, 2.05) is 0 Å². The molecular weight excluding hydrogens is 220 g/mol. The number of pyridine rings is 1. The summed E-state index contributed by atoms with van der Waals surface area (Å²) >= 11 is 0. The van der Waals surface area contributed by atoms with E-state index in [-0.39, 0.29) is 11.7 Å². The standard InChI is InChI=1S/C11H18N4O2/c1-7(16)3-2-4-14-11-9(10(13)17)5-8(12)6-15-11/h5-7,16H,2-4,12H2,1H3,(H2,13,17)(H,14,15). The summed E-state index contributed by atoms with van der Waals surface area (Å²) in [6, 6.07) is 1.49. The van der Waals surface area contributed by atoms with Crippen LogP contribution in [0, 0.1) is 0 Å². The number of anilines is 2. The summed E-state index contributed by atoms with van der Waals surface area (Å²) in [6.45, 7) is 2.35. The molecule has 1 heterocycles. The van der Waals surface area contributed by atoms with Gasteiger partial charge in [-0.05, 0) is 25.8 Å². The first-order valence-corrected chi connectivity index (χ1v) is 5.48. The largest absolute Gasteiger partial charge is 0.397 e. The Kier molecular flexibility index (Phi) is 4.71. The second-order valence-electron chi connectivity index (χ2n) is 3.95. The summed E-state index contributed by atoms with van der Waals surface area (Å²) in [5.74, 6) is -0.139. The van der Waals surface area contributed by atoms with Crippen LogP contribution in [0.3, 0.4) is 0 Å². The van der Waals surface area contributed by atoms with Crippen LogP contribution in [-0.4, -0.2) is 28.6 Å². The lowest BCUT2D eigenvalue weighted by molar-refractivity contribution is 0.100. The van der Waals surface area contributed by atoms with Gasteiger partial charge in [-0.15, -0.1) is 0 Å². The van der Waals surface area contributed by atoms with E-state index in [1.165, 1.54) is 12.3 Å². The summed E-state index contributed by atoms with van der Waals surface area (Å²) in [7, 11) is 0. The predicted octanol–water partition coefficient (Wildman–Crippen LogP) is 0.336. The van der Waals surface area contributed by atoms with Gasteiger partial charge < -0.3 is 21.9 Å². The SMILES string of the molecule is CC(O)CCCNc1ncc(N)cc1C(N)=O. The maximum atomic E-state index is 11.2. The van der Waals surface area contributed by atoms with E-state index >= 15 is 0 Å². The van der Waals surface area contributed by atoms with Crippen molar-refractivity contribution in [2.24, 2.45) is 5.73 Å². The molecule has 17 heavy (non-hydrogen) atoms. The van der Waals surface area contributed by atoms with Crippen LogP contribution in [0.5, 0.6) is 0 Å². The van der Waals surface area contributed by atoms with Crippen molar-refractivity contribution in [3.8, 4) is 0 Å². The van der Waals surface area contributed by atoms with Gasteiger partial charge in [-0.3, -0.25) is 4.79 Å². The minimum atomic E-state index is -0.567. The second-order valence-corrected chi connectivity index (χ2v) is 3.95. The molecule has 0 spiro atoms. The summed E-state index contributed by atoms with van der Waals surface area (Å²) in [4.78, 5) is 15.2. The van der Waals surface area contributed by atoms with Crippen molar-refractivity contribution in [3.05, 3.63) is 17.8 Å². The lowest BCUT2D eigenvalue weighted by atomic mass is 10.2. The fourth-order valence-corrected chi connectivity index (χ4v) is 1.41. The molecule has 6 nitrogen and oxygen atoms in total. The van der Waals surface area contributed by atoms with Crippen LogP contribution in [0.1, 0.15) is 30.1 Å². The number of nitrogens with zero attached hydrogens (tertiary/aromatic N) is 1. The molecule has 1 amide bonds. The highest BCUT2D eigenvalue weighted by molar-refractivity contribution is 5.98. The number of aliphatic hydroxyl groups excluding tert-OH is 1. The molecule has 6 heteroatoms. The Morgan fingerprint density at radius 3 is 2.94 bits per heavy atom. The molecule has 0 aliphatic rings. The third kappa shape index (κ3) is 4.28. The lowest BCUT2D eigenvalue weighted by Crippen LogP contribution is -2.17. The van der Waals surface area contributed by atoms with Gasteiger partial charge in [-0.2, -0.15) is 0 Å². The number of nitrogens with one attached hydrogen (secondary N) is 1. The van der Waals surface area contributed by atoms with Crippen LogP contribution >= 0.6 is 0 Å². The molecule has 1 atom stereocenters. The summed E-state index contributed by atoms with van der Waals surface area (Å²) in [5.41, 5.74) is 11.4. The number of rotatable bonds is 6. The van der Waals surface area contributed by atoms with Gasteiger partial charge in [0.25, 0.3) is 5.91 Å². The molecule has 94 valence electrons. The van der Waals surface area contributed by atoms with Gasteiger partial charge in [0.15, 0.2) is 0 Å². The van der Waals surface area contributed by atoms with Crippen LogP contribution in [-0.2, 0) is 0 Å². The average Bonchev–Trinajstić information content (AvgIpc) is 2.25. The number of amides is 1.